The number of rotatable bonds is 7. The lowest BCUT2D eigenvalue weighted by atomic mass is 10.1. The second-order valence-electron chi connectivity index (χ2n) is 6.69. The fourth-order valence-corrected chi connectivity index (χ4v) is 3.35. The number of morpholine rings is 1. The van der Waals surface area contributed by atoms with Crippen LogP contribution in [0.15, 0.2) is 47.5 Å². The lowest BCUT2D eigenvalue weighted by Gasteiger charge is -2.30. The van der Waals surface area contributed by atoms with Crippen LogP contribution in [0, 0.1) is 0 Å². The van der Waals surface area contributed by atoms with Crippen LogP contribution in [-0.2, 0) is 17.8 Å². The zero-order valence-corrected chi connectivity index (χ0v) is 17.4. The van der Waals surface area contributed by atoms with Crippen molar-refractivity contribution < 1.29 is 14.2 Å². The molecule has 1 aliphatic heterocycles. The van der Waals surface area contributed by atoms with Gasteiger partial charge in [0.15, 0.2) is 5.96 Å². The third kappa shape index (κ3) is 5.54. The second-order valence-corrected chi connectivity index (χ2v) is 6.69. The maximum absolute atomic E-state index is 5.48. The molecule has 7 heteroatoms. The van der Waals surface area contributed by atoms with Crippen molar-refractivity contribution in [2.75, 3.05) is 52.5 Å². The maximum atomic E-state index is 5.48. The number of methoxy groups -OCH3 is 2. The molecule has 0 atom stereocenters. The summed E-state index contributed by atoms with van der Waals surface area (Å²) in [5.74, 6) is 2.29. The first-order valence-corrected chi connectivity index (χ1v) is 9.81. The van der Waals surface area contributed by atoms with E-state index in [4.69, 9.17) is 14.2 Å². The third-order valence-electron chi connectivity index (χ3n) is 4.95. The van der Waals surface area contributed by atoms with Gasteiger partial charge in [0.05, 0.1) is 27.4 Å². The van der Waals surface area contributed by atoms with Crippen molar-refractivity contribution in [2.45, 2.75) is 13.1 Å². The number of nitrogens with zero attached hydrogens (tertiary/aromatic N) is 2. The predicted molar refractivity (Wildman–Crippen MR) is 116 cm³/mol. The molecule has 1 heterocycles. The first-order valence-electron chi connectivity index (χ1n) is 9.81. The van der Waals surface area contributed by atoms with E-state index >= 15 is 0 Å². The van der Waals surface area contributed by atoms with E-state index in [0.717, 1.165) is 49.3 Å². The van der Waals surface area contributed by atoms with E-state index in [0.29, 0.717) is 13.1 Å². The average molecular weight is 399 g/mol. The molecule has 1 saturated heterocycles. The van der Waals surface area contributed by atoms with Gasteiger partial charge in [-0.25, -0.2) is 0 Å². The number of hydrogen-bond donors (Lipinski definition) is 2. The molecule has 7 nitrogen and oxygen atoms in total. The van der Waals surface area contributed by atoms with Crippen LogP contribution in [0.2, 0.25) is 0 Å². The number of aliphatic imine (C=N–C) groups is 1. The van der Waals surface area contributed by atoms with Gasteiger partial charge in [0.2, 0.25) is 0 Å². The maximum Gasteiger partial charge on any atom is 0.191 e. The molecular weight excluding hydrogens is 368 g/mol. The van der Waals surface area contributed by atoms with Crippen molar-refractivity contribution in [1.82, 2.24) is 10.6 Å². The van der Waals surface area contributed by atoms with Crippen molar-refractivity contribution >= 4 is 11.6 Å². The molecular formula is C22H30N4O3. The largest absolute Gasteiger partial charge is 0.497 e. The fourth-order valence-electron chi connectivity index (χ4n) is 3.35. The van der Waals surface area contributed by atoms with Gasteiger partial charge in [-0.3, -0.25) is 4.99 Å². The average Bonchev–Trinajstić information content (AvgIpc) is 2.80. The zero-order valence-electron chi connectivity index (χ0n) is 17.4. The number of ether oxygens (including phenoxy) is 3. The zero-order chi connectivity index (χ0) is 20.5. The first-order chi connectivity index (χ1) is 14.2. The van der Waals surface area contributed by atoms with Crippen molar-refractivity contribution in [2.24, 2.45) is 4.99 Å². The van der Waals surface area contributed by atoms with Gasteiger partial charge >= 0.3 is 0 Å². The molecule has 1 fully saturated rings. The lowest BCUT2D eigenvalue weighted by Crippen LogP contribution is -2.39. The molecule has 0 aromatic heterocycles. The molecule has 3 rings (SSSR count). The van der Waals surface area contributed by atoms with Crippen LogP contribution in [0.3, 0.4) is 0 Å². The molecule has 2 N–H and O–H groups in total. The van der Waals surface area contributed by atoms with Gasteiger partial charge in [0, 0.05) is 50.5 Å². The van der Waals surface area contributed by atoms with E-state index in [1.165, 1.54) is 11.3 Å². The predicted octanol–water partition coefficient (Wildman–Crippen LogP) is 2.41. The highest BCUT2D eigenvalue weighted by molar-refractivity contribution is 5.80. The van der Waals surface area contributed by atoms with E-state index in [2.05, 4.69) is 44.8 Å². The van der Waals surface area contributed by atoms with Gasteiger partial charge < -0.3 is 29.7 Å². The summed E-state index contributed by atoms with van der Waals surface area (Å²) in [4.78, 5) is 6.72. The molecule has 2 aromatic rings. The molecule has 2 aromatic carbocycles. The molecule has 0 amide bonds. The van der Waals surface area contributed by atoms with Crippen LogP contribution in [0.1, 0.15) is 11.1 Å². The molecule has 0 unspecified atom stereocenters. The Morgan fingerprint density at radius 3 is 2.41 bits per heavy atom. The Kier molecular flexibility index (Phi) is 7.58. The van der Waals surface area contributed by atoms with Gasteiger partial charge in [-0.15, -0.1) is 0 Å². The van der Waals surface area contributed by atoms with Gasteiger partial charge in [-0.2, -0.15) is 0 Å². The number of guanidine groups is 1. The third-order valence-corrected chi connectivity index (χ3v) is 4.95. The van der Waals surface area contributed by atoms with Gasteiger partial charge in [0.25, 0.3) is 0 Å². The van der Waals surface area contributed by atoms with E-state index in [-0.39, 0.29) is 0 Å². The summed E-state index contributed by atoms with van der Waals surface area (Å²) in [6.07, 6.45) is 0. The summed E-state index contributed by atoms with van der Waals surface area (Å²) in [5, 5.41) is 6.76. The van der Waals surface area contributed by atoms with Crippen molar-refractivity contribution in [1.29, 1.82) is 0 Å². The van der Waals surface area contributed by atoms with Crippen LogP contribution in [0.4, 0.5) is 5.69 Å². The highest BCUT2D eigenvalue weighted by atomic mass is 16.5. The number of anilines is 1. The Morgan fingerprint density at radius 2 is 1.72 bits per heavy atom. The Hall–Kier alpha value is -2.93. The van der Waals surface area contributed by atoms with Gasteiger partial charge in [-0.1, -0.05) is 18.2 Å². The monoisotopic (exact) mass is 398 g/mol. The molecule has 1 aliphatic rings. The lowest BCUT2D eigenvalue weighted by molar-refractivity contribution is 0.122. The smallest absolute Gasteiger partial charge is 0.191 e. The Balaban J connectivity index is 1.60. The van der Waals surface area contributed by atoms with Gasteiger partial charge in [-0.05, 0) is 23.8 Å². The summed E-state index contributed by atoms with van der Waals surface area (Å²) in [5.41, 5.74) is 3.51. The Bertz CT molecular complexity index is 819. The molecule has 156 valence electrons. The van der Waals surface area contributed by atoms with E-state index in [9.17, 15) is 0 Å². The number of para-hydroxylation sites is 1. The van der Waals surface area contributed by atoms with Gasteiger partial charge in [0.1, 0.15) is 11.5 Å². The fraction of sp³-hybridized carbons (Fsp3) is 0.409. The molecule has 0 radical (unpaired) electrons. The summed E-state index contributed by atoms with van der Waals surface area (Å²) >= 11 is 0. The van der Waals surface area contributed by atoms with E-state index < -0.39 is 0 Å². The highest BCUT2D eigenvalue weighted by Gasteiger charge is 2.14. The minimum Gasteiger partial charge on any atom is -0.497 e. The van der Waals surface area contributed by atoms with E-state index in [1.807, 2.05) is 18.2 Å². The SMILES string of the molecule is CN=C(NCc1ccc(OC)cc1OC)NCc1ccccc1N1CCOCC1. The molecule has 0 spiro atoms. The Labute approximate surface area is 172 Å². The number of nitrogens with one attached hydrogen (secondary N) is 2. The molecule has 0 aliphatic carbocycles. The highest BCUT2D eigenvalue weighted by Crippen LogP contribution is 2.24. The minimum atomic E-state index is 0.595. The van der Waals surface area contributed by atoms with Crippen LogP contribution in [0.25, 0.3) is 0 Å². The van der Waals surface area contributed by atoms with Crippen molar-refractivity contribution in [3.63, 3.8) is 0 Å². The van der Waals surface area contributed by atoms with Crippen LogP contribution in [-0.4, -0.2) is 53.5 Å². The van der Waals surface area contributed by atoms with Crippen LogP contribution < -0.4 is 25.0 Å². The summed E-state index contributed by atoms with van der Waals surface area (Å²) in [6, 6.07) is 14.3. The van der Waals surface area contributed by atoms with Crippen LogP contribution in [0.5, 0.6) is 11.5 Å². The second kappa shape index (κ2) is 10.6. The summed E-state index contributed by atoms with van der Waals surface area (Å²) < 4.78 is 16.2. The minimum absolute atomic E-state index is 0.595. The van der Waals surface area contributed by atoms with Crippen molar-refractivity contribution in [3.05, 3.63) is 53.6 Å². The normalized spacial score (nSPS) is 14.4. The topological polar surface area (TPSA) is 67.4 Å². The first kappa shape index (κ1) is 20.8. The number of benzene rings is 2. The van der Waals surface area contributed by atoms with Crippen molar-refractivity contribution in [3.8, 4) is 11.5 Å². The molecule has 29 heavy (non-hydrogen) atoms. The molecule has 0 bridgehead atoms. The molecule has 0 saturated carbocycles. The Morgan fingerprint density at radius 1 is 1.00 bits per heavy atom. The summed E-state index contributed by atoms with van der Waals surface area (Å²) in [6.45, 7) is 4.66. The number of hydrogen-bond acceptors (Lipinski definition) is 5. The quantitative estimate of drug-likeness (QED) is 0.552. The standard InChI is InChI=1S/C22H30N4O3/c1-23-22(25-16-18-8-9-19(27-2)14-21(18)28-3)24-15-17-6-4-5-7-20(17)26-10-12-29-13-11-26/h4-9,14H,10-13,15-16H2,1-3H3,(H2,23,24,25). The van der Waals surface area contributed by atoms with E-state index in [1.54, 1.807) is 21.3 Å². The summed E-state index contributed by atoms with van der Waals surface area (Å²) in [7, 11) is 5.08. The van der Waals surface area contributed by atoms with Crippen LogP contribution >= 0.6 is 0 Å².